The van der Waals surface area contributed by atoms with Crippen molar-refractivity contribution in [1.29, 1.82) is 0 Å². The molecule has 0 fully saturated rings. The fraction of sp³-hybridized carbons (Fsp3) is 0.0500. The summed E-state index contributed by atoms with van der Waals surface area (Å²) in [6, 6.07) is 46.7. The van der Waals surface area contributed by atoms with E-state index in [0.717, 1.165) is 66.7 Å². The molecule has 0 atom stereocenters. The SMILES string of the molecule is CC1(n2c3ccc4c5ccccc5[nH]c4c3c3c4[nH]c5ccccc5c4ccc32)N=C(c2ccccc2)NC(c2ccccc2)=N1. The molecule has 6 heteroatoms. The Hall–Kier alpha value is -6.14. The van der Waals surface area contributed by atoms with Crippen LogP contribution in [0.25, 0.3) is 65.4 Å². The number of rotatable bonds is 3. The molecule has 3 aromatic heterocycles. The maximum atomic E-state index is 5.41. The van der Waals surface area contributed by atoms with Crippen molar-refractivity contribution in [2.75, 3.05) is 0 Å². The number of aliphatic imine (C=N–C) groups is 2. The molecule has 0 unspecified atom stereocenters. The average Bonchev–Trinajstić information content (AvgIpc) is 3.78. The van der Waals surface area contributed by atoms with Crippen LogP contribution in [0.4, 0.5) is 0 Å². The van der Waals surface area contributed by atoms with Gasteiger partial charge in [-0.2, -0.15) is 0 Å². The second-order valence-corrected chi connectivity index (χ2v) is 12.2. The highest BCUT2D eigenvalue weighted by Crippen LogP contribution is 2.45. The monoisotopic (exact) mass is 592 g/mol. The Morgan fingerprint density at radius 1 is 0.478 bits per heavy atom. The van der Waals surface area contributed by atoms with E-state index in [9.17, 15) is 0 Å². The number of fused-ring (bicyclic) bond motifs is 11. The number of benzene rings is 6. The lowest BCUT2D eigenvalue weighted by Crippen LogP contribution is -2.43. The molecule has 0 bridgehead atoms. The van der Waals surface area contributed by atoms with Gasteiger partial charge in [-0.15, -0.1) is 0 Å². The fourth-order valence-electron chi connectivity index (χ4n) is 7.46. The standard InChI is InChI=1S/C40H28N6/c1-40(44-38(24-12-4-2-5-13-24)43-39(45-40)25-14-6-3-7-15-25)46-32-22-20-28-26-16-8-10-18-30(26)41-36(28)34(32)35-33(46)23-21-29-27-17-9-11-19-31(27)42-37(29)35/h2-23,41-42H,1H3,(H,43,44,45). The topological polar surface area (TPSA) is 73.3 Å². The summed E-state index contributed by atoms with van der Waals surface area (Å²) in [4.78, 5) is 18.4. The molecule has 218 valence electrons. The quantitative estimate of drug-likeness (QED) is 0.188. The number of hydrogen-bond acceptors (Lipinski definition) is 3. The molecule has 1 aliphatic heterocycles. The summed E-state index contributed by atoms with van der Waals surface area (Å²) in [6.45, 7) is 2.11. The first kappa shape index (κ1) is 25.2. The van der Waals surface area contributed by atoms with Crippen molar-refractivity contribution in [2.45, 2.75) is 12.7 Å². The van der Waals surface area contributed by atoms with Crippen molar-refractivity contribution in [1.82, 2.24) is 19.9 Å². The number of aromatic amines is 2. The number of nitrogens with one attached hydrogen (secondary N) is 3. The van der Waals surface area contributed by atoms with Crippen LogP contribution in [-0.4, -0.2) is 26.2 Å². The second-order valence-electron chi connectivity index (χ2n) is 12.2. The Balaban J connectivity index is 1.38. The highest BCUT2D eigenvalue weighted by Gasteiger charge is 2.35. The van der Waals surface area contributed by atoms with Gasteiger partial charge in [0.2, 0.25) is 5.79 Å². The van der Waals surface area contributed by atoms with Crippen LogP contribution in [0.2, 0.25) is 0 Å². The van der Waals surface area contributed by atoms with E-state index >= 15 is 0 Å². The van der Waals surface area contributed by atoms with E-state index in [0.29, 0.717) is 0 Å². The maximum absolute atomic E-state index is 5.41. The van der Waals surface area contributed by atoms with Crippen LogP contribution in [0.15, 0.2) is 143 Å². The Labute approximate surface area is 263 Å². The number of para-hydroxylation sites is 2. The lowest BCUT2D eigenvalue weighted by Gasteiger charge is -2.32. The summed E-state index contributed by atoms with van der Waals surface area (Å²) in [5, 5.41) is 10.7. The van der Waals surface area contributed by atoms with Gasteiger partial charge >= 0.3 is 0 Å². The third-order valence-corrected chi connectivity index (χ3v) is 9.45. The number of H-pyrrole nitrogens is 2. The van der Waals surface area contributed by atoms with Gasteiger partial charge in [0, 0.05) is 61.4 Å². The predicted molar refractivity (Wildman–Crippen MR) is 191 cm³/mol. The number of hydrogen-bond donors (Lipinski definition) is 3. The molecule has 9 aromatic rings. The zero-order valence-electron chi connectivity index (χ0n) is 25.0. The summed E-state index contributed by atoms with van der Waals surface area (Å²) in [6.07, 6.45) is 0. The molecule has 0 aliphatic carbocycles. The zero-order valence-corrected chi connectivity index (χ0v) is 25.0. The first-order valence-corrected chi connectivity index (χ1v) is 15.6. The van der Waals surface area contributed by atoms with Gasteiger partial charge in [0.1, 0.15) is 11.7 Å². The molecule has 1 aliphatic rings. The van der Waals surface area contributed by atoms with Crippen molar-refractivity contribution < 1.29 is 0 Å². The Bertz CT molecular complexity index is 2540. The second kappa shape index (κ2) is 9.19. The molecule has 3 N–H and O–H groups in total. The molecule has 0 radical (unpaired) electrons. The number of amidine groups is 2. The smallest absolute Gasteiger partial charge is 0.232 e. The first-order valence-electron chi connectivity index (χ1n) is 15.6. The van der Waals surface area contributed by atoms with E-state index in [1.54, 1.807) is 0 Å². The summed E-state index contributed by atoms with van der Waals surface area (Å²) in [5.41, 5.74) is 8.63. The molecule has 6 nitrogen and oxygen atoms in total. The van der Waals surface area contributed by atoms with Crippen LogP contribution in [0.1, 0.15) is 18.1 Å². The van der Waals surface area contributed by atoms with Crippen molar-refractivity contribution >= 4 is 77.1 Å². The van der Waals surface area contributed by atoms with Gasteiger partial charge in [-0.3, -0.25) is 4.57 Å². The minimum absolute atomic E-state index is 0.783. The first-order chi connectivity index (χ1) is 22.7. The molecule has 0 amide bonds. The van der Waals surface area contributed by atoms with Crippen molar-refractivity contribution in [3.63, 3.8) is 0 Å². The minimum Gasteiger partial charge on any atom is -0.354 e. The van der Waals surface area contributed by atoms with E-state index in [1.807, 2.05) is 36.4 Å². The molecular weight excluding hydrogens is 564 g/mol. The lowest BCUT2D eigenvalue weighted by atomic mass is 10.1. The summed E-state index contributed by atoms with van der Waals surface area (Å²) in [5.74, 6) is 0.566. The van der Waals surface area contributed by atoms with Crippen LogP contribution in [0, 0.1) is 0 Å². The molecule has 10 rings (SSSR count). The third-order valence-electron chi connectivity index (χ3n) is 9.45. The molecule has 46 heavy (non-hydrogen) atoms. The van der Waals surface area contributed by atoms with Crippen LogP contribution < -0.4 is 5.32 Å². The van der Waals surface area contributed by atoms with Crippen LogP contribution in [0.3, 0.4) is 0 Å². The molecule has 0 spiro atoms. The highest BCUT2D eigenvalue weighted by molar-refractivity contribution is 6.31. The van der Waals surface area contributed by atoms with Gasteiger partial charge in [0.25, 0.3) is 0 Å². The Kier molecular flexibility index (Phi) is 5.04. The van der Waals surface area contributed by atoms with Crippen molar-refractivity contribution in [2.24, 2.45) is 9.98 Å². The Morgan fingerprint density at radius 3 is 1.39 bits per heavy atom. The third kappa shape index (κ3) is 3.46. The minimum atomic E-state index is -0.999. The van der Waals surface area contributed by atoms with E-state index in [1.165, 1.54) is 21.5 Å². The average molecular weight is 593 g/mol. The number of aromatic nitrogens is 3. The van der Waals surface area contributed by atoms with E-state index in [-0.39, 0.29) is 0 Å². The van der Waals surface area contributed by atoms with Crippen molar-refractivity contribution in [3.05, 3.63) is 145 Å². The normalized spacial score (nSPS) is 14.8. The maximum Gasteiger partial charge on any atom is 0.232 e. The molecular formula is C40H28N6. The van der Waals surface area contributed by atoms with Gasteiger partial charge in [-0.1, -0.05) is 109 Å². The van der Waals surface area contributed by atoms with Crippen molar-refractivity contribution in [3.8, 4) is 0 Å². The van der Waals surface area contributed by atoms with Gasteiger partial charge < -0.3 is 15.3 Å². The fourth-order valence-corrected chi connectivity index (χ4v) is 7.46. The number of nitrogens with zero attached hydrogens (tertiary/aromatic N) is 3. The zero-order chi connectivity index (χ0) is 30.4. The highest BCUT2D eigenvalue weighted by atomic mass is 15.4. The van der Waals surface area contributed by atoms with Crippen LogP contribution in [-0.2, 0) is 5.79 Å². The largest absolute Gasteiger partial charge is 0.354 e. The molecule has 6 aromatic carbocycles. The van der Waals surface area contributed by atoms with Gasteiger partial charge in [0.05, 0.1) is 22.1 Å². The van der Waals surface area contributed by atoms with Gasteiger partial charge in [-0.25, -0.2) is 9.98 Å². The molecule has 0 saturated carbocycles. The van der Waals surface area contributed by atoms with Crippen LogP contribution >= 0.6 is 0 Å². The predicted octanol–water partition coefficient (Wildman–Crippen LogP) is 9.19. The molecule has 4 heterocycles. The van der Waals surface area contributed by atoms with E-state index in [2.05, 4.69) is 124 Å². The summed E-state index contributed by atoms with van der Waals surface area (Å²) >= 11 is 0. The lowest BCUT2D eigenvalue weighted by molar-refractivity contribution is 0.371. The van der Waals surface area contributed by atoms with Crippen LogP contribution in [0.5, 0.6) is 0 Å². The summed E-state index contributed by atoms with van der Waals surface area (Å²) in [7, 11) is 0. The molecule has 0 saturated heterocycles. The Morgan fingerprint density at radius 2 is 0.913 bits per heavy atom. The van der Waals surface area contributed by atoms with E-state index < -0.39 is 5.79 Å². The van der Waals surface area contributed by atoms with Gasteiger partial charge in [-0.05, 0) is 24.3 Å². The summed E-state index contributed by atoms with van der Waals surface area (Å²) < 4.78 is 2.32. The van der Waals surface area contributed by atoms with Gasteiger partial charge in [0.15, 0.2) is 0 Å². The van der Waals surface area contributed by atoms with E-state index in [4.69, 9.17) is 9.98 Å².